The molecule has 1 unspecified atom stereocenters. The molecule has 2 amide bonds. The third-order valence-corrected chi connectivity index (χ3v) is 5.78. The summed E-state index contributed by atoms with van der Waals surface area (Å²) in [7, 11) is 0. The molecule has 0 spiro atoms. The van der Waals surface area contributed by atoms with Crippen molar-refractivity contribution in [3.05, 3.63) is 70.7 Å². The number of halogens is 1. The molecule has 1 heterocycles. The summed E-state index contributed by atoms with van der Waals surface area (Å²) in [6.45, 7) is 2.94. The Morgan fingerprint density at radius 2 is 1.72 bits per heavy atom. The van der Waals surface area contributed by atoms with Gasteiger partial charge in [-0.3, -0.25) is 9.59 Å². The van der Waals surface area contributed by atoms with E-state index in [1.165, 1.54) is 0 Å². The Labute approximate surface area is 176 Å². The number of piperidine rings is 1. The lowest BCUT2D eigenvalue weighted by Crippen LogP contribution is -2.45. The van der Waals surface area contributed by atoms with E-state index >= 15 is 0 Å². The van der Waals surface area contributed by atoms with Gasteiger partial charge in [0.05, 0.1) is 5.60 Å². The summed E-state index contributed by atoms with van der Waals surface area (Å²) in [5, 5.41) is 14.5. The van der Waals surface area contributed by atoms with E-state index in [1.54, 1.807) is 29.2 Å². The van der Waals surface area contributed by atoms with E-state index in [1.807, 2.05) is 37.3 Å². The first-order valence-electron chi connectivity index (χ1n) is 9.99. The van der Waals surface area contributed by atoms with Crippen LogP contribution >= 0.6 is 11.6 Å². The first-order chi connectivity index (χ1) is 13.9. The molecule has 0 aromatic heterocycles. The van der Waals surface area contributed by atoms with E-state index in [0.29, 0.717) is 49.4 Å². The minimum Gasteiger partial charge on any atom is -0.385 e. The molecule has 0 saturated carbocycles. The van der Waals surface area contributed by atoms with Crippen molar-refractivity contribution in [3.63, 3.8) is 0 Å². The van der Waals surface area contributed by atoms with Gasteiger partial charge in [-0.2, -0.15) is 0 Å². The molecule has 1 aliphatic heterocycles. The summed E-state index contributed by atoms with van der Waals surface area (Å²) in [6.07, 6.45) is 1.95. The van der Waals surface area contributed by atoms with Crippen molar-refractivity contribution in [2.75, 3.05) is 13.1 Å². The van der Waals surface area contributed by atoms with Crippen LogP contribution < -0.4 is 5.32 Å². The topological polar surface area (TPSA) is 69.6 Å². The van der Waals surface area contributed by atoms with Crippen LogP contribution in [0.15, 0.2) is 54.6 Å². The average Bonchev–Trinajstić information content (AvgIpc) is 2.73. The van der Waals surface area contributed by atoms with Gasteiger partial charge in [0.25, 0.3) is 5.91 Å². The Morgan fingerprint density at radius 1 is 1.10 bits per heavy atom. The number of aliphatic hydroxyl groups is 1. The van der Waals surface area contributed by atoms with Crippen LogP contribution in [-0.2, 0) is 10.4 Å². The molecule has 0 bridgehead atoms. The Morgan fingerprint density at radius 3 is 2.34 bits per heavy atom. The van der Waals surface area contributed by atoms with Crippen LogP contribution in [0.25, 0.3) is 0 Å². The summed E-state index contributed by atoms with van der Waals surface area (Å²) in [4.78, 5) is 26.6. The van der Waals surface area contributed by atoms with Gasteiger partial charge >= 0.3 is 0 Å². The summed E-state index contributed by atoms with van der Waals surface area (Å²) >= 11 is 5.93. The van der Waals surface area contributed by atoms with Crippen LogP contribution in [0, 0.1) is 0 Å². The van der Waals surface area contributed by atoms with Crippen LogP contribution in [0.1, 0.15) is 48.5 Å². The maximum atomic E-state index is 12.6. The molecule has 2 N–H and O–H groups in total. The molecule has 3 rings (SSSR count). The molecule has 0 aliphatic carbocycles. The second-order valence-electron chi connectivity index (χ2n) is 7.70. The predicted octanol–water partition coefficient (Wildman–Crippen LogP) is 3.75. The molecular weight excluding hydrogens is 388 g/mol. The highest BCUT2D eigenvalue weighted by atomic mass is 35.5. The van der Waals surface area contributed by atoms with Gasteiger partial charge in [0, 0.05) is 36.1 Å². The maximum Gasteiger partial charge on any atom is 0.251 e. The minimum absolute atomic E-state index is 0.0592. The normalized spacial score (nSPS) is 16.9. The fraction of sp³-hybridized carbons (Fsp3) is 0.391. The van der Waals surface area contributed by atoms with E-state index < -0.39 is 5.60 Å². The molecule has 1 aliphatic rings. The first kappa shape index (κ1) is 21.3. The van der Waals surface area contributed by atoms with Crippen LogP contribution in [0.5, 0.6) is 0 Å². The molecule has 0 radical (unpaired) electrons. The van der Waals surface area contributed by atoms with Crippen molar-refractivity contribution >= 4 is 23.4 Å². The van der Waals surface area contributed by atoms with Gasteiger partial charge < -0.3 is 15.3 Å². The van der Waals surface area contributed by atoms with Crippen molar-refractivity contribution in [1.82, 2.24) is 10.2 Å². The van der Waals surface area contributed by atoms with E-state index in [0.717, 1.165) is 5.56 Å². The van der Waals surface area contributed by atoms with Crippen LogP contribution in [-0.4, -0.2) is 41.0 Å². The third-order valence-electron chi connectivity index (χ3n) is 5.53. The molecule has 1 fully saturated rings. The number of carbonyl (C=O) groups excluding carboxylic acids is 2. The average molecular weight is 415 g/mol. The van der Waals surface area contributed by atoms with E-state index in [2.05, 4.69) is 5.32 Å². The Bertz CT molecular complexity index is 831. The van der Waals surface area contributed by atoms with Gasteiger partial charge in [-0.05, 0) is 56.0 Å². The zero-order valence-electron chi connectivity index (χ0n) is 16.6. The van der Waals surface area contributed by atoms with Crippen LogP contribution in [0.4, 0.5) is 0 Å². The highest BCUT2D eigenvalue weighted by Crippen LogP contribution is 2.33. The van der Waals surface area contributed by atoms with Crippen molar-refractivity contribution < 1.29 is 14.7 Å². The summed E-state index contributed by atoms with van der Waals surface area (Å²) in [5.74, 6) is -0.0690. The van der Waals surface area contributed by atoms with Gasteiger partial charge in [0.1, 0.15) is 0 Å². The quantitative estimate of drug-likeness (QED) is 0.756. The maximum absolute atomic E-state index is 12.6. The molecule has 2 aromatic rings. The number of amides is 2. The van der Waals surface area contributed by atoms with Gasteiger partial charge in [-0.25, -0.2) is 0 Å². The lowest BCUT2D eigenvalue weighted by molar-refractivity contribution is -0.136. The molecule has 2 aromatic carbocycles. The zero-order chi connectivity index (χ0) is 20.9. The minimum atomic E-state index is -0.918. The number of hydrogen-bond acceptors (Lipinski definition) is 3. The summed E-state index contributed by atoms with van der Waals surface area (Å²) in [5.41, 5.74) is 0.535. The molecule has 5 nitrogen and oxygen atoms in total. The van der Waals surface area contributed by atoms with Crippen molar-refractivity contribution in [2.24, 2.45) is 0 Å². The number of hydrogen-bond donors (Lipinski definition) is 2. The van der Waals surface area contributed by atoms with E-state index in [9.17, 15) is 14.7 Å². The Kier molecular flexibility index (Phi) is 6.93. The SMILES string of the molecule is CC(CCC(=O)N1CCC(O)(c2ccc(Cl)cc2)CC1)NC(=O)c1ccccc1. The van der Waals surface area contributed by atoms with Crippen LogP contribution in [0.3, 0.4) is 0 Å². The molecule has 1 saturated heterocycles. The number of rotatable bonds is 6. The van der Waals surface area contributed by atoms with E-state index in [-0.39, 0.29) is 17.9 Å². The highest BCUT2D eigenvalue weighted by molar-refractivity contribution is 6.30. The van der Waals surface area contributed by atoms with E-state index in [4.69, 9.17) is 11.6 Å². The number of nitrogens with zero attached hydrogens (tertiary/aromatic N) is 1. The number of nitrogens with one attached hydrogen (secondary N) is 1. The Hall–Kier alpha value is -2.37. The lowest BCUT2D eigenvalue weighted by atomic mass is 9.84. The summed E-state index contributed by atoms with van der Waals surface area (Å²) in [6, 6.07) is 16.2. The van der Waals surface area contributed by atoms with Gasteiger partial charge in [0.15, 0.2) is 0 Å². The van der Waals surface area contributed by atoms with Gasteiger partial charge in [-0.15, -0.1) is 0 Å². The molecule has 154 valence electrons. The molecule has 1 atom stereocenters. The highest BCUT2D eigenvalue weighted by Gasteiger charge is 2.35. The number of carbonyl (C=O) groups is 2. The monoisotopic (exact) mass is 414 g/mol. The smallest absolute Gasteiger partial charge is 0.251 e. The van der Waals surface area contributed by atoms with Crippen molar-refractivity contribution in [2.45, 2.75) is 44.2 Å². The first-order valence-corrected chi connectivity index (χ1v) is 10.4. The van der Waals surface area contributed by atoms with Crippen LogP contribution in [0.2, 0.25) is 5.02 Å². The summed E-state index contributed by atoms with van der Waals surface area (Å²) < 4.78 is 0. The molecular formula is C23H27ClN2O3. The number of likely N-dealkylation sites (tertiary alicyclic amines) is 1. The Balaban J connectivity index is 1.45. The van der Waals surface area contributed by atoms with Gasteiger partial charge in [-0.1, -0.05) is 41.9 Å². The van der Waals surface area contributed by atoms with Crippen molar-refractivity contribution in [3.8, 4) is 0 Å². The second-order valence-corrected chi connectivity index (χ2v) is 8.13. The third kappa shape index (κ3) is 5.58. The fourth-order valence-electron chi connectivity index (χ4n) is 3.64. The fourth-order valence-corrected chi connectivity index (χ4v) is 3.77. The zero-order valence-corrected chi connectivity index (χ0v) is 17.4. The second kappa shape index (κ2) is 9.42. The molecule has 6 heteroatoms. The standard InChI is InChI=1S/C23H27ClN2O3/c1-17(25-22(28)18-5-3-2-4-6-18)7-12-21(27)26-15-13-23(29,14-16-26)19-8-10-20(24)11-9-19/h2-6,8-11,17,29H,7,12-16H2,1H3,(H,25,28). The van der Waals surface area contributed by atoms with Gasteiger partial charge in [0.2, 0.25) is 5.91 Å². The lowest BCUT2D eigenvalue weighted by Gasteiger charge is -2.38. The largest absolute Gasteiger partial charge is 0.385 e. The number of benzene rings is 2. The predicted molar refractivity (Wildman–Crippen MR) is 114 cm³/mol. The van der Waals surface area contributed by atoms with Crippen molar-refractivity contribution in [1.29, 1.82) is 0 Å². The molecule has 29 heavy (non-hydrogen) atoms.